The van der Waals surface area contributed by atoms with Crippen LogP contribution in [-0.4, -0.2) is 57.5 Å². The molecule has 0 bridgehead atoms. The zero-order chi connectivity index (χ0) is 13.9. The van der Waals surface area contributed by atoms with Gasteiger partial charge in [0.15, 0.2) is 0 Å². The van der Waals surface area contributed by atoms with Crippen LogP contribution in [0.3, 0.4) is 0 Å². The standard InChI is InChI=1S/C13H23N3O3/c1-18-10-7-14-5-6-15-13(17)12-4-3-8-16(12)9-11-19-2/h3-4,8,14H,5-7,9-11H2,1-2H3,(H,15,17). The Labute approximate surface area is 114 Å². The molecular formula is C13H23N3O3. The Hall–Kier alpha value is -1.37. The molecule has 108 valence electrons. The van der Waals surface area contributed by atoms with Crippen molar-refractivity contribution in [2.24, 2.45) is 0 Å². The van der Waals surface area contributed by atoms with Crippen LogP contribution in [0.2, 0.25) is 0 Å². The van der Waals surface area contributed by atoms with Crippen molar-refractivity contribution in [3.05, 3.63) is 24.0 Å². The van der Waals surface area contributed by atoms with Crippen LogP contribution in [0, 0.1) is 0 Å². The number of hydrogen-bond acceptors (Lipinski definition) is 4. The smallest absolute Gasteiger partial charge is 0.267 e. The Morgan fingerprint density at radius 1 is 1.21 bits per heavy atom. The fraction of sp³-hybridized carbons (Fsp3) is 0.615. The predicted molar refractivity (Wildman–Crippen MR) is 73.4 cm³/mol. The van der Waals surface area contributed by atoms with Gasteiger partial charge in [0.05, 0.1) is 13.2 Å². The molecule has 1 rings (SSSR count). The van der Waals surface area contributed by atoms with E-state index in [4.69, 9.17) is 9.47 Å². The van der Waals surface area contributed by atoms with Crippen molar-refractivity contribution in [2.75, 3.05) is 47.1 Å². The molecule has 1 amide bonds. The summed E-state index contributed by atoms with van der Waals surface area (Å²) in [4.78, 5) is 12.0. The molecule has 6 heteroatoms. The topological polar surface area (TPSA) is 64.5 Å². The van der Waals surface area contributed by atoms with Crippen LogP contribution in [0.4, 0.5) is 0 Å². The van der Waals surface area contributed by atoms with Gasteiger partial charge in [0.25, 0.3) is 5.91 Å². The van der Waals surface area contributed by atoms with E-state index >= 15 is 0 Å². The molecule has 0 radical (unpaired) electrons. The maximum absolute atomic E-state index is 12.0. The highest BCUT2D eigenvalue weighted by Crippen LogP contribution is 2.02. The third-order valence-corrected chi connectivity index (χ3v) is 2.67. The first-order chi connectivity index (χ1) is 9.29. The minimum atomic E-state index is -0.0605. The number of ether oxygens (including phenoxy) is 2. The Morgan fingerprint density at radius 3 is 2.74 bits per heavy atom. The van der Waals surface area contributed by atoms with Crippen LogP contribution in [0.25, 0.3) is 0 Å². The lowest BCUT2D eigenvalue weighted by Gasteiger charge is -2.09. The Balaban J connectivity index is 2.27. The summed E-state index contributed by atoms with van der Waals surface area (Å²) in [5.41, 5.74) is 0.661. The van der Waals surface area contributed by atoms with Gasteiger partial charge in [-0.25, -0.2) is 0 Å². The summed E-state index contributed by atoms with van der Waals surface area (Å²) in [7, 11) is 3.31. The maximum atomic E-state index is 12.0. The molecule has 0 aromatic carbocycles. The van der Waals surface area contributed by atoms with E-state index in [-0.39, 0.29) is 5.91 Å². The van der Waals surface area contributed by atoms with Gasteiger partial charge in [0.1, 0.15) is 5.69 Å². The number of rotatable bonds is 10. The lowest BCUT2D eigenvalue weighted by atomic mass is 10.4. The van der Waals surface area contributed by atoms with Gasteiger partial charge < -0.3 is 24.7 Å². The maximum Gasteiger partial charge on any atom is 0.267 e. The number of nitrogens with one attached hydrogen (secondary N) is 2. The van der Waals surface area contributed by atoms with E-state index < -0.39 is 0 Å². The second kappa shape index (κ2) is 9.55. The number of carbonyl (C=O) groups excluding carboxylic acids is 1. The third kappa shape index (κ3) is 5.87. The molecule has 0 unspecified atom stereocenters. The molecule has 19 heavy (non-hydrogen) atoms. The van der Waals surface area contributed by atoms with Crippen molar-refractivity contribution in [2.45, 2.75) is 6.54 Å². The number of amides is 1. The molecule has 1 aromatic rings. The lowest BCUT2D eigenvalue weighted by molar-refractivity contribution is 0.0941. The van der Waals surface area contributed by atoms with E-state index in [9.17, 15) is 4.79 Å². The summed E-state index contributed by atoms with van der Waals surface area (Å²) in [6.07, 6.45) is 1.88. The number of aromatic nitrogens is 1. The average molecular weight is 269 g/mol. The minimum Gasteiger partial charge on any atom is -0.383 e. The van der Waals surface area contributed by atoms with Gasteiger partial charge >= 0.3 is 0 Å². The Kier molecular flexibility index (Phi) is 7.88. The zero-order valence-electron chi connectivity index (χ0n) is 11.6. The first-order valence-electron chi connectivity index (χ1n) is 6.41. The Morgan fingerprint density at radius 2 is 2.00 bits per heavy atom. The molecule has 0 saturated carbocycles. The largest absolute Gasteiger partial charge is 0.383 e. The van der Waals surface area contributed by atoms with Crippen LogP contribution in [0.5, 0.6) is 0 Å². The molecular weight excluding hydrogens is 246 g/mol. The monoisotopic (exact) mass is 269 g/mol. The predicted octanol–water partition coefficient (Wildman–Crippen LogP) is 0.100. The summed E-state index contributed by atoms with van der Waals surface area (Å²) < 4.78 is 11.8. The minimum absolute atomic E-state index is 0.0605. The van der Waals surface area contributed by atoms with Gasteiger partial charge in [-0.1, -0.05) is 0 Å². The van der Waals surface area contributed by atoms with E-state index in [1.807, 2.05) is 22.9 Å². The molecule has 2 N–H and O–H groups in total. The molecule has 0 aliphatic heterocycles. The number of methoxy groups -OCH3 is 2. The Bertz CT molecular complexity index is 366. The molecule has 0 saturated heterocycles. The van der Waals surface area contributed by atoms with E-state index in [1.165, 1.54) is 0 Å². The highest BCUT2D eigenvalue weighted by atomic mass is 16.5. The fourth-order valence-corrected chi connectivity index (χ4v) is 1.66. The normalized spacial score (nSPS) is 10.6. The molecule has 0 atom stereocenters. The van der Waals surface area contributed by atoms with Gasteiger partial charge in [0.2, 0.25) is 0 Å². The number of nitrogens with zero attached hydrogens (tertiary/aromatic N) is 1. The van der Waals surface area contributed by atoms with Crippen LogP contribution < -0.4 is 10.6 Å². The summed E-state index contributed by atoms with van der Waals surface area (Å²) in [6.45, 7) is 4.06. The van der Waals surface area contributed by atoms with Crippen molar-refractivity contribution in [1.29, 1.82) is 0 Å². The van der Waals surface area contributed by atoms with Crippen LogP contribution in [0.1, 0.15) is 10.5 Å². The molecule has 6 nitrogen and oxygen atoms in total. The highest BCUT2D eigenvalue weighted by molar-refractivity contribution is 5.92. The van der Waals surface area contributed by atoms with Gasteiger partial charge in [0, 0.05) is 46.6 Å². The van der Waals surface area contributed by atoms with E-state index in [0.29, 0.717) is 32.0 Å². The number of carbonyl (C=O) groups is 1. The van der Waals surface area contributed by atoms with Crippen LogP contribution in [-0.2, 0) is 16.0 Å². The lowest BCUT2D eigenvalue weighted by Crippen LogP contribution is -2.34. The molecule has 0 fully saturated rings. The van der Waals surface area contributed by atoms with Gasteiger partial charge in [-0.3, -0.25) is 4.79 Å². The molecule has 0 aliphatic carbocycles. The molecule has 0 aliphatic rings. The second-order valence-electron chi connectivity index (χ2n) is 4.08. The van der Waals surface area contributed by atoms with Crippen molar-refractivity contribution in [3.8, 4) is 0 Å². The zero-order valence-corrected chi connectivity index (χ0v) is 11.6. The van der Waals surface area contributed by atoms with Crippen LogP contribution >= 0.6 is 0 Å². The van der Waals surface area contributed by atoms with Gasteiger partial charge in [-0.2, -0.15) is 0 Å². The summed E-state index contributed by atoms with van der Waals surface area (Å²) in [6, 6.07) is 3.67. The van der Waals surface area contributed by atoms with Crippen molar-refractivity contribution < 1.29 is 14.3 Å². The number of hydrogen-bond donors (Lipinski definition) is 2. The van der Waals surface area contributed by atoms with E-state index in [1.54, 1.807) is 14.2 Å². The SMILES string of the molecule is COCCNCCNC(=O)c1cccn1CCOC. The first-order valence-corrected chi connectivity index (χ1v) is 6.41. The molecule has 0 spiro atoms. The van der Waals surface area contributed by atoms with Gasteiger partial charge in [-0.05, 0) is 12.1 Å². The second-order valence-corrected chi connectivity index (χ2v) is 4.08. The fourth-order valence-electron chi connectivity index (χ4n) is 1.66. The first kappa shape index (κ1) is 15.7. The quantitative estimate of drug-likeness (QED) is 0.591. The van der Waals surface area contributed by atoms with Crippen molar-refractivity contribution >= 4 is 5.91 Å². The summed E-state index contributed by atoms with van der Waals surface area (Å²) >= 11 is 0. The summed E-state index contributed by atoms with van der Waals surface area (Å²) in [5, 5.41) is 6.04. The van der Waals surface area contributed by atoms with Gasteiger partial charge in [-0.15, -0.1) is 0 Å². The van der Waals surface area contributed by atoms with E-state index in [0.717, 1.165) is 13.1 Å². The van der Waals surface area contributed by atoms with Crippen molar-refractivity contribution in [1.82, 2.24) is 15.2 Å². The van der Waals surface area contributed by atoms with E-state index in [2.05, 4.69) is 10.6 Å². The third-order valence-electron chi connectivity index (χ3n) is 2.67. The highest BCUT2D eigenvalue weighted by Gasteiger charge is 2.09. The van der Waals surface area contributed by atoms with Crippen LogP contribution in [0.15, 0.2) is 18.3 Å². The van der Waals surface area contributed by atoms with Crippen molar-refractivity contribution in [3.63, 3.8) is 0 Å². The molecule has 1 heterocycles. The molecule has 1 aromatic heterocycles. The average Bonchev–Trinajstić information content (AvgIpc) is 2.88. The summed E-state index contributed by atoms with van der Waals surface area (Å²) in [5.74, 6) is -0.0605.